The van der Waals surface area contributed by atoms with Gasteiger partial charge in [-0.3, -0.25) is 9.89 Å². The maximum Gasteiger partial charge on any atom is 0.267 e. The van der Waals surface area contributed by atoms with Crippen LogP contribution in [0.15, 0.2) is 29.3 Å². The Hall–Kier alpha value is -1.95. The van der Waals surface area contributed by atoms with Crippen molar-refractivity contribution in [3.63, 3.8) is 0 Å². The Balaban J connectivity index is 1.55. The molecule has 0 amide bonds. The van der Waals surface area contributed by atoms with Gasteiger partial charge in [0.25, 0.3) is 5.56 Å². The topological polar surface area (TPSA) is 75.6 Å². The highest BCUT2D eigenvalue weighted by molar-refractivity contribution is 5.02. The molecule has 3 rings (SSSR count). The van der Waals surface area contributed by atoms with Gasteiger partial charge in [0.2, 0.25) is 0 Å². The molecule has 6 heteroatoms. The minimum absolute atomic E-state index is 0.00964. The molecule has 0 unspecified atom stereocenters. The zero-order valence-corrected chi connectivity index (χ0v) is 12.2. The summed E-state index contributed by atoms with van der Waals surface area (Å²) >= 11 is 0. The minimum atomic E-state index is 0.00964. The van der Waals surface area contributed by atoms with Crippen LogP contribution in [-0.4, -0.2) is 26.0 Å². The van der Waals surface area contributed by atoms with E-state index < -0.39 is 0 Å². The summed E-state index contributed by atoms with van der Waals surface area (Å²) < 4.78 is 1.67. The summed E-state index contributed by atoms with van der Waals surface area (Å²) in [7, 11) is 0. The molecular weight excluding hydrogens is 266 g/mol. The van der Waals surface area contributed by atoms with Gasteiger partial charge in [-0.15, -0.1) is 0 Å². The van der Waals surface area contributed by atoms with Gasteiger partial charge in [0, 0.05) is 30.4 Å². The average Bonchev–Trinajstić information content (AvgIpc) is 3.02. The number of nitrogens with one attached hydrogen (secondary N) is 2. The molecule has 0 aromatic carbocycles. The van der Waals surface area contributed by atoms with Gasteiger partial charge in [0.05, 0.1) is 17.9 Å². The van der Waals surface area contributed by atoms with E-state index in [4.69, 9.17) is 0 Å². The van der Waals surface area contributed by atoms with Crippen molar-refractivity contribution in [2.24, 2.45) is 0 Å². The van der Waals surface area contributed by atoms with Crippen LogP contribution in [0.2, 0.25) is 0 Å². The van der Waals surface area contributed by atoms with E-state index in [1.54, 1.807) is 16.8 Å². The molecule has 2 aromatic heterocycles. The van der Waals surface area contributed by atoms with E-state index >= 15 is 0 Å². The summed E-state index contributed by atoms with van der Waals surface area (Å²) in [5, 5.41) is 14.7. The number of hydrogen-bond acceptors (Lipinski definition) is 4. The second kappa shape index (κ2) is 6.22. The van der Waals surface area contributed by atoms with Gasteiger partial charge < -0.3 is 5.32 Å². The molecule has 0 spiro atoms. The fourth-order valence-electron chi connectivity index (χ4n) is 2.94. The Morgan fingerprint density at radius 2 is 2.14 bits per heavy atom. The molecule has 1 aliphatic carbocycles. The van der Waals surface area contributed by atoms with Crippen LogP contribution in [0, 0.1) is 6.92 Å². The minimum Gasteiger partial charge on any atom is -0.310 e. The van der Waals surface area contributed by atoms with Crippen LogP contribution >= 0.6 is 0 Å². The molecular formula is C15H21N5O. The van der Waals surface area contributed by atoms with Gasteiger partial charge in [-0.25, -0.2) is 4.68 Å². The highest BCUT2D eigenvalue weighted by Crippen LogP contribution is 2.27. The van der Waals surface area contributed by atoms with Crippen molar-refractivity contribution in [2.75, 3.05) is 0 Å². The third-order valence-corrected chi connectivity index (χ3v) is 4.15. The van der Waals surface area contributed by atoms with E-state index in [0.29, 0.717) is 6.04 Å². The quantitative estimate of drug-likeness (QED) is 0.894. The number of aromatic nitrogens is 4. The van der Waals surface area contributed by atoms with Crippen molar-refractivity contribution in [3.8, 4) is 0 Å². The van der Waals surface area contributed by atoms with Crippen LogP contribution in [0.5, 0.6) is 0 Å². The molecule has 2 heterocycles. The lowest BCUT2D eigenvalue weighted by molar-refractivity contribution is 0.268. The SMILES string of the molecule is Cc1ccc(=O)n(C2CCC(NCc3cn[nH]c3)CC2)n1. The summed E-state index contributed by atoms with van der Waals surface area (Å²) in [6.45, 7) is 2.77. The standard InChI is InChI=1S/C15H21N5O/c1-11-2-7-15(21)20(19-11)14-5-3-13(4-6-14)16-8-12-9-17-18-10-12/h2,7,9-10,13-14,16H,3-6,8H2,1H3,(H,17,18). The van der Waals surface area contributed by atoms with Crippen molar-refractivity contribution < 1.29 is 0 Å². The zero-order chi connectivity index (χ0) is 14.7. The third-order valence-electron chi connectivity index (χ3n) is 4.15. The largest absolute Gasteiger partial charge is 0.310 e. The molecule has 1 fully saturated rings. The molecule has 6 nitrogen and oxygen atoms in total. The maximum atomic E-state index is 11.9. The first-order valence-electron chi connectivity index (χ1n) is 7.50. The number of rotatable bonds is 4. The molecule has 112 valence electrons. The number of aromatic amines is 1. The van der Waals surface area contributed by atoms with Crippen molar-refractivity contribution in [1.82, 2.24) is 25.3 Å². The van der Waals surface area contributed by atoms with Crippen molar-refractivity contribution in [1.29, 1.82) is 0 Å². The van der Waals surface area contributed by atoms with Gasteiger partial charge >= 0.3 is 0 Å². The highest BCUT2D eigenvalue weighted by Gasteiger charge is 2.23. The fourth-order valence-corrected chi connectivity index (χ4v) is 2.94. The molecule has 0 aliphatic heterocycles. The normalized spacial score (nSPS) is 22.3. The van der Waals surface area contributed by atoms with Crippen molar-refractivity contribution in [3.05, 3.63) is 46.1 Å². The van der Waals surface area contributed by atoms with E-state index in [0.717, 1.165) is 37.9 Å². The van der Waals surface area contributed by atoms with Crippen LogP contribution in [0.25, 0.3) is 0 Å². The van der Waals surface area contributed by atoms with E-state index in [-0.39, 0.29) is 11.6 Å². The second-order valence-corrected chi connectivity index (χ2v) is 5.75. The first-order chi connectivity index (χ1) is 10.2. The monoisotopic (exact) mass is 287 g/mol. The average molecular weight is 287 g/mol. The van der Waals surface area contributed by atoms with E-state index in [1.165, 1.54) is 5.56 Å². The zero-order valence-electron chi connectivity index (χ0n) is 12.2. The number of nitrogens with zero attached hydrogens (tertiary/aromatic N) is 3. The molecule has 1 aliphatic rings. The Bertz CT molecular complexity index is 626. The van der Waals surface area contributed by atoms with E-state index in [9.17, 15) is 4.79 Å². The van der Waals surface area contributed by atoms with Crippen LogP contribution in [0.1, 0.15) is 43.0 Å². The second-order valence-electron chi connectivity index (χ2n) is 5.75. The molecule has 0 bridgehead atoms. The predicted molar refractivity (Wildman–Crippen MR) is 80.0 cm³/mol. The number of aryl methyl sites for hydroxylation is 1. The summed E-state index contributed by atoms with van der Waals surface area (Å²) in [6.07, 6.45) is 7.90. The first-order valence-corrected chi connectivity index (χ1v) is 7.50. The summed E-state index contributed by atoms with van der Waals surface area (Å²) in [5.74, 6) is 0. The van der Waals surface area contributed by atoms with Gasteiger partial charge in [0.15, 0.2) is 0 Å². The predicted octanol–water partition coefficient (Wildman–Crippen LogP) is 1.55. The van der Waals surface area contributed by atoms with Gasteiger partial charge in [-0.05, 0) is 38.7 Å². The lowest BCUT2D eigenvalue weighted by atomic mass is 9.91. The number of H-pyrrole nitrogens is 1. The summed E-state index contributed by atoms with van der Waals surface area (Å²) in [4.78, 5) is 11.9. The fraction of sp³-hybridized carbons (Fsp3) is 0.533. The van der Waals surface area contributed by atoms with Gasteiger partial charge in [0.1, 0.15) is 0 Å². The van der Waals surface area contributed by atoms with Crippen molar-refractivity contribution >= 4 is 0 Å². The molecule has 0 radical (unpaired) electrons. The molecule has 1 saturated carbocycles. The van der Waals surface area contributed by atoms with Crippen LogP contribution < -0.4 is 10.9 Å². The summed E-state index contributed by atoms with van der Waals surface area (Å²) in [5.41, 5.74) is 2.08. The van der Waals surface area contributed by atoms with Gasteiger partial charge in [-0.1, -0.05) is 0 Å². The van der Waals surface area contributed by atoms with Crippen LogP contribution in [0.4, 0.5) is 0 Å². The Kier molecular flexibility index (Phi) is 4.15. The third kappa shape index (κ3) is 3.39. The van der Waals surface area contributed by atoms with Crippen LogP contribution in [-0.2, 0) is 6.54 Å². The smallest absolute Gasteiger partial charge is 0.267 e. The lowest BCUT2D eigenvalue weighted by Gasteiger charge is -2.29. The van der Waals surface area contributed by atoms with Crippen molar-refractivity contribution in [2.45, 2.75) is 51.2 Å². The highest BCUT2D eigenvalue weighted by atomic mass is 16.1. The number of hydrogen-bond donors (Lipinski definition) is 2. The molecule has 21 heavy (non-hydrogen) atoms. The van der Waals surface area contributed by atoms with Crippen LogP contribution in [0.3, 0.4) is 0 Å². The summed E-state index contributed by atoms with van der Waals surface area (Å²) in [6, 6.07) is 4.14. The Morgan fingerprint density at radius 3 is 2.86 bits per heavy atom. The van der Waals surface area contributed by atoms with E-state index in [1.807, 2.05) is 19.3 Å². The Labute approximate surface area is 123 Å². The molecule has 2 N–H and O–H groups in total. The first kappa shape index (κ1) is 14.0. The molecule has 0 atom stereocenters. The maximum absolute atomic E-state index is 11.9. The molecule has 2 aromatic rings. The van der Waals surface area contributed by atoms with Gasteiger partial charge in [-0.2, -0.15) is 10.2 Å². The van der Waals surface area contributed by atoms with E-state index in [2.05, 4.69) is 20.6 Å². The molecule has 0 saturated heterocycles. The lowest BCUT2D eigenvalue weighted by Crippen LogP contribution is -2.36. The Morgan fingerprint density at radius 1 is 1.33 bits per heavy atom.